The Bertz CT molecular complexity index is 1380. The van der Waals surface area contributed by atoms with E-state index in [1.807, 2.05) is 0 Å². The number of rotatable bonds is 10. The lowest BCUT2D eigenvalue weighted by Gasteiger charge is -2.22. The van der Waals surface area contributed by atoms with Crippen LogP contribution in [0.3, 0.4) is 0 Å². The SMILES string of the molecule is Nc1nc2c(ncn2[C@@H]2O[C@H](COP(=O)(O)OP(=O)(O)CP(=O)(O)O)[C@@H](OP(=O)(O)O)[C@H]2O)c(=O)[nH]1. The van der Waals surface area contributed by atoms with Crippen LogP contribution in [-0.2, 0) is 36.4 Å². The second-order valence-electron chi connectivity index (χ2n) is 7.18. The molecule has 6 atom stereocenters. The van der Waals surface area contributed by atoms with Crippen LogP contribution in [0, 0.1) is 0 Å². The topological polar surface area (TPSA) is 336 Å². The van der Waals surface area contributed by atoms with E-state index < -0.39 is 73.4 Å². The molecule has 0 aliphatic carbocycles. The molecular weight excluding hydrogens is 582 g/mol. The first-order chi connectivity index (χ1) is 16.3. The number of imidazole rings is 1. The van der Waals surface area contributed by atoms with E-state index in [4.69, 9.17) is 20.3 Å². The van der Waals surface area contributed by atoms with Gasteiger partial charge in [-0.1, -0.05) is 0 Å². The van der Waals surface area contributed by atoms with Crippen molar-refractivity contribution >= 4 is 47.9 Å². The standard InChI is InChI=1S/C11H19N5O16P4/c12-11-14-8-5(9(18)15-11)13-2-16(8)10-6(17)7(31-35(24,25)26)4(30-10)1-29-36(27,28)32-34(22,23)3-33(19,20)21/h2,4,6-7,10,17H,1,3H2,(H,22,23)(H,27,28)(H2,19,20,21)(H2,24,25,26)(H3,12,14,15,18)/t4-,6-,7-,10-/m1/s1. The predicted octanol–water partition coefficient (Wildman–Crippen LogP) is -2.11. The number of H-pyrrole nitrogens is 1. The molecule has 0 amide bonds. The number of phosphoric ester groups is 2. The Morgan fingerprint density at radius 1 is 1.14 bits per heavy atom. The van der Waals surface area contributed by atoms with Crippen molar-refractivity contribution in [2.45, 2.75) is 24.5 Å². The number of aromatic amines is 1. The second-order valence-corrected chi connectivity index (χ2v) is 14.0. The summed E-state index contributed by atoms with van der Waals surface area (Å²) in [5, 5.41) is 10.6. The van der Waals surface area contributed by atoms with Crippen LogP contribution in [-0.4, -0.2) is 84.8 Å². The van der Waals surface area contributed by atoms with Gasteiger partial charge in [0.25, 0.3) is 5.56 Å². The van der Waals surface area contributed by atoms with E-state index in [1.165, 1.54) is 0 Å². The van der Waals surface area contributed by atoms with Crippen LogP contribution >= 0.6 is 30.8 Å². The summed E-state index contributed by atoms with van der Waals surface area (Å²) in [6.45, 7) is -1.18. The molecule has 10 N–H and O–H groups in total. The maximum atomic E-state index is 12.0. The van der Waals surface area contributed by atoms with E-state index >= 15 is 0 Å². The maximum Gasteiger partial charge on any atom is 0.479 e. The molecule has 3 rings (SSSR count). The second kappa shape index (κ2) is 10.1. The average molecular weight is 601 g/mol. The quantitative estimate of drug-likeness (QED) is 0.132. The van der Waals surface area contributed by atoms with Crippen LogP contribution in [0.2, 0.25) is 0 Å². The zero-order chi connectivity index (χ0) is 27.3. The highest BCUT2D eigenvalue weighted by Gasteiger charge is 2.50. The monoisotopic (exact) mass is 601 g/mol. The minimum Gasteiger partial charge on any atom is -0.386 e. The number of fused-ring (bicyclic) bond motifs is 1. The minimum absolute atomic E-state index is 0.230. The molecule has 0 saturated carbocycles. The number of aromatic nitrogens is 4. The van der Waals surface area contributed by atoms with E-state index in [0.717, 1.165) is 10.9 Å². The molecule has 0 aromatic carbocycles. The van der Waals surface area contributed by atoms with Crippen LogP contribution in [0.5, 0.6) is 0 Å². The van der Waals surface area contributed by atoms with Crippen molar-refractivity contribution in [1.29, 1.82) is 0 Å². The normalized spacial score (nSPS) is 26.6. The molecule has 1 aliphatic rings. The smallest absolute Gasteiger partial charge is 0.386 e. The Morgan fingerprint density at radius 2 is 1.78 bits per heavy atom. The van der Waals surface area contributed by atoms with Crippen LogP contribution in [0.1, 0.15) is 6.23 Å². The number of phosphoric acid groups is 2. The third kappa shape index (κ3) is 7.35. The minimum atomic E-state index is -5.54. The first-order valence-corrected chi connectivity index (χ1v) is 15.7. The van der Waals surface area contributed by atoms with Gasteiger partial charge >= 0.3 is 30.8 Å². The Morgan fingerprint density at radius 3 is 2.36 bits per heavy atom. The van der Waals surface area contributed by atoms with E-state index in [-0.39, 0.29) is 17.1 Å². The number of aliphatic hydroxyl groups excluding tert-OH is 1. The Kier molecular flexibility index (Phi) is 8.17. The van der Waals surface area contributed by atoms with E-state index in [9.17, 15) is 47.7 Å². The Labute approximate surface area is 198 Å². The zero-order valence-corrected chi connectivity index (χ0v) is 20.9. The number of nitrogen functional groups attached to an aromatic ring is 1. The fourth-order valence-electron chi connectivity index (χ4n) is 3.11. The number of nitrogens with zero attached hydrogens (tertiary/aromatic N) is 3. The lowest BCUT2D eigenvalue weighted by atomic mass is 10.1. The number of aliphatic hydroxyl groups is 1. The van der Waals surface area contributed by atoms with Gasteiger partial charge in [-0.05, 0) is 0 Å². The molecule has 1 aliphatic heterocycles. The summed E-state index contributed by atoms with van der Waals surface area (Å²) in [5.74, 6) is -2.17. The molecular formula is C11H19N5O16P4. The fourth-order valence-corrected chi connectivity index (χ4v) is 8.04. The molecule has 0 spiro atoms. The molecule has 0 radical (unpaired) electrons. The van der Waals surface area contributed by atoms with Gasteiger partial charge in [0.2, 0.25) is 5.95 Å². The van der Waals surface area contributed by atoms with Gasteiger partial charge in [0, 0.05) is 0 Å². The van der Waals surface area contributed by atoms with Crippen molar-refractivity contribution < 1.29 is 70.8 Å². The molecule has 2 unspecified atom stereocenters. The fraction of sp³-hybridized carbons (Fsp3) is 0.545. The zero-order valence-electron chi connectivity index (χ0n) is 17.3. The Hall–Kier alpha value is -1.37. The van der Waals surface area contributed by atoms with E-state index in [2.05, 4.69) is 28.3 Å². The Balaban J connectivity index is 1.85. The van der Waals surface area contributed by atoms with Gasteiger partial charge in [-0.3, -0.25) is 32.5 Å². The maximum absolute atomic E-state index is 12.0. The summed E-state index contributed by atoms with van der Waals surface area (Å²) >= 11 is 0. The predicted molar refractivity (Wildman–Crippen MR) is 113 cm³/mol. The van der Waals surface area contributed by atoms with E-state index in [0.29, 0.717) is 0 Å². The van der Waals surface area contributed by atoms with Crippen molar-refractivity contribution in [3.05, 3.63) is 16.7 Å². The van der Waals surface area contributed by atoms with Gasteiger partial charge in [0.05, 0.1) is 12.9 Å². The highest BCUT2D eigenvalue weighted by Crippen LogP contribution is 2.65. The molecule has 21 nitrogen and oxygen atoms in total. The number of ether oxygens (including phenoxy) is 1. The van der Waals surface area contributed by atoms with E-state index in [1.54, 1.807) is 0 Å². The third-order valence-corrected chi connectivity index (χ3v) is 10.0. The molecule has 0 bridgehead atoms. The molecule has 3 heterocycles. The summed E-state index contributed by atoms with van der Waals surface area (Å²) in [4.78, 5) is 76.7. The van der Waals surface area contributed by atoms with Crippen molar-refractivity contribution in [3.8, 4) is 0 Å². The summed E-state index contributed by atoms with van der Waals surface area (Å²) in [7, 11) is -21.4. The summed E-state index contributed by atoms with van der Waals surface area (Å²) in [6.07, 6.45) is -6.38. The summed E-state index contributed by atoms with van der Waals surface area (Å²) in [5.41, 5.74) is 4.22. The molecule has 36 heavy (non-hydrogen) atoms. The number of hydrogen-bond acceptors (Lipinski definition) is 13. The van der Waals surface area contributed by atoms with Crippen molar-refractivity contribution in [2.24, 2.45) is 0 Å². The molecule has 2 aromatic rings. The first-order valence-electron chi connectivity index (χ1n) is 9.12. The van der Waals surface area contributed by atoms with Crippen molar-refractivity contribution in [2.75, 3.05) is 18.2 Å². The van der Waals surface area contributed by atoms with Crippen LogP contribution in [0.4, 0.5) is 5.95 Å². The molecule has 1 saturated heterocycles. The molecule has 25 heteroatoms. The van der Waals surface area contributed by atoms with Crippen molar-refractivity contribution in [3.63, 3.8) is 0 Å². The number of hydrogen-bond donors (Lipinski definition) is 9. The third-order valence-electron chi connectivity index (χ3n) is 4.29. The molecule has 2 aromatic heterocycles. The number of anilines is 1. The number of nitrogens with two attached hydrogens (primary N) is 1. The van der Waals surface area contributed by atoms with Crippen LogP contribution in [0.25, 0.3) is 11.2 Å². The average Bonchev–Trinajstić information content (AvgIpc) is 3.18. The highest BCUT2D eigenvalue weighted by atomic mass is 31.3. The van der Waals surface area contributed by atoms with Crippen LogP contribution in [0.15, 0.2) is 11.1 Å². The number of nitrogens with one attached hydrogen (secondary N) is 1. The van der Waals surface area contributed by atoms with Gasteiger partial charge < -0.3 is 44.9 Å². The largest absolute Gasteiger partial charge is 0.479 e. The lowest BCUT2D eigenvalue weighted by Crippen LogP contribution is -2.35. The first kappa shape index (κ1) is 29.2. The lowest BCUT2D eigenvalue weighted by molar-refractivity contribution is -0.0500. The van der Waals surface area contributed by atoms with Gasteiger partial charge in [0.15, 0.2) is 23.3 Å². The summed E-state index contributed by atoms with van der Waals surface area (Å²) < 4.78 is 65.3. The van der Waals surface area contributed by atoms with Gasteiger partial charge in [-0.25, -0.2) is 18.4 Å². The van der Waals surface area contributed by atoms with Gasteiger partial charge in [-0.15, -0.1) is 0 Å². The molecule has 1 fully saturated rings. The van der Waals surface area contributed by atoms with Crippen LogP contribution < -0.4 is 11.3 Å². The summed E-state index contributed by atoms with van der Waals surface area (Å²) in [6, 6.07) is 0. The van der Waals surface area contributed by atoms with Gasteiger partial charge in [0.1, 0.15) is 18.3 Å². The highest BCUT2D eigenvalue weighted by molar-refractivity contribution is 7.73. The molecule has 204 valence electrons. The van der Waals surface area contributed by atoms with Crippen molar-refractivity contribution in [1.82, 2.24) is 19.5 Å². The van der Waals surface area contributed by atoms with Gasteiger partial charge in [-0.2, -0.15) is 4.98 Å².